The molecule has 0 aromatic heterocycles. The van der Waals surface area contributed by atoms with Crippen molar-refractivity contribution in [3.63, 3.8) is 0 Å². The summed E-state index contributed by atoms with van der Waals surface area (Å²) in [6.45, 7) is -1.04. The average Bonchev–Trinajstić information content (AvgIpc) is 2.45. The number of carbonyl (C=O) groups excluding carboxylic acids is 1. The molecule has 0 saturated heterocycles. The fourth-order valence-electron chi connectivity index (χ4n) is 0.948. The first-order valence-corrected chi connectivity index (χ1v) is 3.54. The zero-order chi connectivity index (χ0) is 10.9. The molecule has 0 saturated carbocycles. The summed E-state index contributed by atoms with van der Waals surface area (Å²) in [7, 11) is 0. The number of esters is 1. The molecule has 1 aliphatic heterocycles. The lowest BCUT2D eigenvalue weighted by Crippen LogP contribution is -2.57. The number of aliphatic hydroxyl groups is 4. The van der Waals surface area contributed by atoms with Gasteiger partial charge in [0.1, 0.15) is 0 Å². The van der Waals surface area contributed by atoms with Gasteiger partial charge in [-0.3, -0.25) is 0 Å². The van der Waals surface area contributed by atoms with Gasteiger partial charge in [0.15, 0.2) is 5.76 Å². The van der Waals surface area contributed by atoms with Gasteiger partial charge in [-0.2, -0.15) is 5.48 Å². The number of carbonyl (C=O) groups is 1. The number of aliphatic hydroxyl groups excluding tert-OH is 3. The van der Waals surface area contributed by atoms with E-state index < -0.39 is 35.9 Å². The Morgan fingerprint density at radius 2 is 2.00 bits per heavy atom. The second-order valence-corrected chi connectivity index (χ2v) is 2.71. The largest absolute Gasteiger partial charge is 0.505 e. The van der Waals surface area contributed by atoms with E-state index >= 15 is 0 Å². The van der Waals surface area contributed by atoms with Gasteiger partial charge in [0.05, 0.1) is 6.61 Å². The third-order valence-corrected chi connectivity index (χ3v) is 1.78. The molecule has 0 aliphatic carbocycles. The molecule has 0 unspecified atom stereocenters. The Morgan fingerprint density at radius 1 is 1.47 bits per heavy atom. The minimum atomic E-state index is -2.45. The SMILES string of the molecule is Cl.O=C1O[C@H]([C@@](O)(CO)NO)C(O)=C1O. The number of nitrogens with one attached hydrogen (secondary N) is 1. The van der Waals surface area contributed by atoms with Crippen LogP contribution in [0.1, 0.15) is 0 Å². The molecule has 0 radical (unpaired) electrons. The fourth-order valence-corrected chi connectivity index (χ4v) is 0.948. The molecule has 1 heterocycles. The highest BCUT2D eigenvalue weighted by atomic mass is 35.5. The fraction of sp³-hybridized carbons (Fsp3) is 0.500. The van der Waals surface area contributed by atoms with Crippen molar-refractivity contribution in [3.05, 3.63) is 11.5 Å². The monoisotopic (exact) mass is 243 g/mol. The average molecular weight is 244 g/mol. The highest BCUT2D eigenvalue weighted by molar-refractivity contribution is 5.89. The van der Waals surface area contributed by atoms with Gasteiger partial charge >= 0.3 is 5.97 Å². The molecule has 2 atom stereocenters. The Kier molecular flexibility index (Phi) is 4.31. The van der Waals surface area contributed by atoms with E-state index in [0.717, 1.165) is 0 Å². The van der Waals surface area contributed by atoms with E-state index in [1.807, 2.05) is 0 Å². The maximum absolute atomic E-state index is 10.7. The summed E-state index contributed by atoms with van der Waals surface area (Å²) in [5.41, 5.74) is -1.19. The zero-order valence-corrected chi connectivity index (χ0v) is 8.06. The molecular formula is C6H10ClNO7. The van der Waals surface area contributed by atoms with Crippen LogP contribution in [0.5, 0.6) is 0 Å². The molecule has 1 rings (SSSR count). The Labute approximate surface area is 89.8 Å². The molecule has 0 amide bonds. The van der Waals surface area contributed by atoms with Crippen LogP contribution in [0, 0.1) is 0 Å². The maximum atomic E-state index is 10.7. The van der Waals surface area contributed by atoms with Crippen molar-refractivity contribution in [2.45, 2.75) is 11.8 Å². The van der Waals surface area contributed by atoms with Crippen molar-refractivity contribution < 1.29 is 35.2 Å². The summed E-state index contributed by atoms with van der Waals surface area (Å²) >= 11 is 0. The highest BCUT2D eigenvalue weighted by Gasteiger charge is 2.48. The van der Waals surface area contributed by atoms with Crippen LogP contribution >= 0.6 is 12.4 Å². The van der Waals surface area contributed by atoms with Gasteiger partial charge in [0.25, 0.3) is 0 Å². The first-order chi connectivity index (χ1) is 6.46. The van der Waals surface area contributed by atoms with E-state index in [1.165, 1.54) is 5.48 Å². The van der Waals surface area contributed by atoms with Crippen LogP contribution < -0.4 is 5.48 Å². The number of hydrogen-bond donors (Lipinski definition) is 6. The van der Waals surface area contributed by atoms with Crippen LogP contribution in [0.2, 0.25) is 0 Å². The smallest absolute Gasteiger partial charge is 0.378 e. The van der Waals surface area contributed by atoms with Crippen LogP contribution in [-0.4, -0.2) is 50.0 Å². The van der Waals surface area contributed by atoms with E-state index in [0.29, 0.717) is 0 Å². The second-order valence-electron chi connectivity index (χ2n) is 2.71. The Balaban J connectivity index is 0.00000196. The summed E-state index contributed by atoms with van der Waals surface area (Å²) in [6, 6.07) is 0. The van der Waals surface area contributed by atoms with Gasteiger partial charge in [-0.15, -0.1) is 12.4 Å². The molecule has 9 heteroatoms. The topological polar surface area (TPSA) is 139 Å². The van der Waals surface area contributed by atoms with Crippen molar-refractivity contribution in [2.75, 3.05) is 6.61 Å². The minimum absolute atomic E-state index is 0. The van der Waals surface area contributed by atoms with Gasteiger partial charge < -0.3 is 30.4 Å². The van der Waals surface area contributed by atoms with Crippen LogP contribution in [0.4, 0.5) is 0 Å². The Bertz CT molecular complexity index is 287. The molecule has 8 nitrogen and oxygen atoms in total. The molecule has 0 fully saturated rings. The predicted octanol–water partition coefficient (Wildman–Crippen LogP) is -1.68. The van der Waals surface area contributed by atoms with Crippen LogP contribution in [0.3, 0.4) is 0 Å². The van der Waals surface area contributed by atoms with E-state index in [9.17, 15) is 9.90 Å². The van der Waals surface area contributed by atoms with Crippen LogP contribution in [0.15, 0.2) is 11.5 Å². The molecule has 0 aromatic carbocycles. The van der Waals surface area contributed by atoms with Gasteiger partial charge in [0, 0.05) is 0 Å². The first-order valence-electron chi connectivity index (χ1n) is 3.54. The third kappa shape index (κ3) is 2.13. The van der Waals surface area contributed by atoms with Gasteiger partial charge in [-0.05, 0) is 0 Å². The number of rotatable bonds is 3. The zero-order valence-electron chi connectivity index (χ0n) is 7.25. The maximum Gasteiger partial charge on any atom is 0.378 e. The Hall–Kier alpha value is -1.06. The molecule has 88 valence electrons. The van der Waals surface area contributed by atoms with Gasteiger partial charge in [0.2, 0.25) is 17.6 Å². The number of cyclic esters (lactones) is 1. The summed E-state index contributed by atoms with van der Waals surface area (Å²) in [5.74, 6) is -3.29. The van der Waals surface area contributed by atoms with Crippen molar-refractivity contribution in [2.24, 2.45) is 0 Å². The Morgan fingerprint density at radius 3 is 2.27 bits per heavy atom. The van der Waals surface area contributed by atoms with Gasteiger partial charge in [-0.25, -0.2) is 4.79 Å². The second kappa shape index (κ2) is 4.64. The lowest BCUT2D eigenvalue weighted by molar-refractivity contribution is -0.191. The van der Waals surface area contributed by atoms with E-state index in [4.69, 9.17) is 20.5 Å². The normalized spacial score (nSPS) is 24.5. The molecule has 15 heavy (non-hydrogen) atoms. The lowest BCUT2D eigenvalue weighted by Gasteiger charge is -2.28. The molecule has 0 aromatic rings. The predicted molar refractivity (Wildman–Crippen MR) is 46.4 cm³/mol. The van der Waals surface area contributed by atoms with Crippen molar-refractivity contribution in [1.29, 1.82) is 0 Å². The molecule has 1 aliphatic rings. The summed E-state index contributed by atoms with van der Waals surface area (Å²) in [6.07, 6.45) is -1.76. The summed E-state index contributed by atoms with van der Waals surface area (Å²) < 4.78 is 4.29. The molecular weight excluding hydrogens is 234 g/mol. The summed E-state index contributed by atoms with van der Waals surface area (Å²) in [5, 5.41) is 44.4. The molecule has 6 N–H and O–H groups in total. The number of hydroxylamine groups is 1. The molecule has 0 spiro atoms. The molecule has 0 bridgehead atoms. The van der Waals surface area contributed by atoms with E-state index in [-0.39, 0.29) is 12.4 Å². The first kappa shape index (κ1) is 13.9. The van der Waals surface area contributed by atoms with Crippen molar-refractivity contribution in [3.8, 4) is 0 Å². The quantitative estimate of drug-likeness (QED) is 0.196. The number of ether oxygens (including phenoxy) is 1. The van der Waals surface area contributed by atoms with E-state index in [1.54, 1.807) is 0 Å². The van der Waals surface area contributed by atoms with E-state index in [2.05, 4.69) is 4.74 Å². The summed E-state index contributed by atoms with van der Waals surface area (Å²) in [4.78, 5) is 10.7. The van der Waals surface area contributed by atoms with Gasteiger partial charge in [-0.1, -0.05) is 0 Å². The van der Waals surface area contributed by atoms with Crippen molar-refractivity contribution >= 4 is 18.4 Å². The highest BCUT2D eigenvalue weighted by Crippen LogP contribution is 2.25. The minimum Gasteiger partial charge on any atom is -0.505 e. The standard InChI is InChI=1S/C6H9NO7.ClH/c8-1-6(12,7-13)4-2(9)3(10)5(11)14-4;/h4,7-10,12-13H,1H2;1H/t4-,6-;/m0./s1. The number of halogens is 1. The lowest BCUT2D eigenvalue weighted by atomic mass is 10.1. The number of hydrogen-bond acceptors (Lipinski definition) is 8. The third-order valence-electron chi connectivity index (χ3n) is 1.78. The van der Waals surface area contributed by atoms with Crippen molar-refractivity contribution in [1.82, 2.24) is 5.48 Å². The van der Waals surface area contributed by atoms with Crippen LogP contribution in [0.25, 0.3) is 0 Å². The van der Waals surface area contributed by atoms with Crippen LogP contribution in [-0.2, 0) is 9.53 Å².